The summed E-state index contributed by atoms with van der Waals surface area (Å²) in [5.74, 6) is -0.829. The highest BCUT2D eigenvalue weighted by molar-refractivity contribution is 5.97. The molecule has 6 heteroatoms. The van der Waals surface area contributed by atoms with E-state index in [0.29, 0.717) is 0 Å². The van der Waals surface area contributed by atoms with Crippen LogP contribution in [0.4, 0.5) is 5.69 Å². The number of pyridine rings is 1. The van der Waals surface area contributed by atoms with Crippen LogP contribution in [0.1, 0.15) is 12.5 Å². The van der Waals surface area contributed by atoms with Gasteiger partial charge in [-0.05, 0) is 48.7 Å². The Morgan fingerprint density at radius 3 is 2.61 bits per heavy atom. The average molecular weight is 376 g/mol. The summed E-state index contributed by atoms with van der Waals surface area (Å²) in [5.41, 5.74) is 10.4. The van der Waals surface area contributed by atoms with E-state index in [1.807, 2.05) is 48.3 Å². The average Bonchev–Trinajstić information content (AvgIpc) is 2.67. The number of rotatable bonds is 6. The van der Waals surface area contributed by atoms with Crippen LogP contribution < -0.4 is 16.0 Å². The van der Waals surface area contributed by atoms with Gasteiger partial charge in [-0.3, -0.25) is 14.6 Å². The maximum atomic E-state index is 12.1. The first-order valence-corrected chi connectivity index (χ1v) is 9.11. The fourth-order valence-corrected chi connectivity index (χ4v) is 3.15. The van der Waals surface area contributed by atoms with Crippen LogP contribution in [0.5, 0.6) is 0 Å². The van der Waals surface area contributed by atoms with Gasteiger partial charge in [0.2, 0.25) is 11.8 Å². The van der Waals surface area contributed by atoms with Gasteiger partial charge in [0, 0.05) is 24.3 Å². The zero-order valence-electron chi connectivity index (χ0n) is 16.3. The maximum Gasteiger partial charge on any atom is 0.240 e. The third-order valence-corrected chi connectivity index (χ3v) is 4.79. The normalized spacial score (nSPS) is 11.8. The van der Waals surface area contributed by atoms with Crippen molar-refractivity contribution in [2.45, 2.75) is 19.9 Å². The van der Waals surface area contributed by atoms with Gasteiger partial charge in [0.25, 0.3) is 0 Å². The van der Waals surface area contributed by atoms with Crippen molar-refractivity contribution in [3.63, 3.8) is 0 Å². The molecule has 0 spiro atoms. The third kappa shape index (κ3) is 4.11. The Labute approximate surface area is 164 Å². The number of likely N-dealkylation sites (N-methyl/N-ethyl adjacent to an activating group) is 1. The van der Waals surface area contributed by atoms with Crippen LogP contribution in [0.25, 0.3) is 22.0 Å². The molecule has 0 radical (unpaired) electrons. The molecule has 1 atom stereocenters. The molecule has 0 saturated carbocycles. The second-order valence-electron chi connectivity index (χ2n) is 6.92. The highest BCUT2D eigenvalue weighted by atomic mass is 16.2. The number of fused-ring (bicyclic) bond motifs is 1. The Bertz CT molecular complexity index is 1030. The predicted molar refractivity (Wildman–Crippen MR) is 112 cm³/mol. The Morgan fingerprint density at radius 2 is 1.89 bits per heavy atom. The fourth-order valence-electron chi connectivity index (χ4n) is 3.15. The van der Waals surface area contributed by atoms with E-state index >= 15 is 0 Å². The van der Waals surface area contributed by atoms with Crippen molar-refractivity contribution >= 4 is 28.4 Å². The van der Waals surface area contributed by atoms with Gasteiger partial charge in [0.1, 0.15) is 6.04 Å². The molecule has 6 nitrogen and oxygen atoms in total. The van der Waals surface area contributed by atoms with E-state index < -0.39 is 11.9 Å². The number of nitrogens with one attached hydrogen (secondary N) is 1. The monoisotopic (exact) mass is 376 g/mol. The number of nitrogens with two attached hydrogens (primary N) is 1. The highest BCUT2D eigenvalue weighted by Gasteiger charge is 2.15. The Morgan fingerprint density at radius 1 is 1.14 bits per heavy atom. The molecule has 3 aromatic rings. The number of aryl methyl sites for hydroxylation is 1. The lowest BCUT2D eigenvalue weighted by atomic mass is 9.97. The van der Waals surface area contributed by atoms with Crippen LogP contribution in [0.3, 0.4) is 0 Å². The zero-order valence-corrected chi connectivity index (χ0v) is 16.3. The van der Waals surface area contributed by atoms with Crippen molar-refractivity contribution in [1.29, 1.82) is 0 Å². The number of primary amides is 1. The summed E-state index contributed by atoms with van der Waals surface area (Å²) < 4.78 is 0. The molecule has 0 aliphatic carbocycles. The van der Waals surface area contributed by atoms with Crippen molar-refractivity contribution in [3.05, 3.63) is 60.3 Å². The molecule has 1 aromatic heterocycles. The number of aromatic nitrogens is 1. The van der Waals surface area contributed by atoms with Crippen LogP contribution in [0, 0.1) is 6.92 Å². The molecule has 3 rings (SSSR count). The van der Waals surface area contributed by atoms with Gasteiger partial charge >= 0.3 is 0 Å². The third-order valence-electron chi connectivity index (χ3n) is 4.79. The summed E-state index contributed by atoms with van der Waals surface area (Å²) in [5, 5.41) is 3.64. The van der Waals surface area contributed by atoms with Gasteiger partial charge in [0.15, 0.2) is 0 Å². The summed E-state index contributed by atoms with van der Waals surface area (Å²) in [6.45, 7) is 3.77. The van der Waals surface area contributed by atoms with E-state index in [1.165, 1.54) is 11.1 Å². The number of nitrogens with zero attached hydrogens (tertiary/aromatic N) is 2. The summed E-state index contributed by atoms with van der Waals surface area (Å²) in [7, 11) is 1.82. The number of carbonyl (C=O) groups is 2. The van der Waals surface area contributed by atoms with Crippen molar-refractivity contribution in [2.75, 3.05) is 18.5 Å². The molecule has 0 saturated heterocycles. The molecule has 28 heavy (non-hydrogen) atoms. The van der Waals surface area contributed by atoms with E-state index in [4.69, 9.17) is 5.73 Å². The molecule has 2 aromatic carbocycles. The van der Waals surface area contributed by atoms with Gasteiger partial charge in [-0.2, -0.15) is 0 Å². The minimum atomic E-state index is -0.698. The number of carbonyl (C=O) groups excluding carboxylic acids is 2. The maximum absolute atomic E-state index is 12.1. The molecular weight excluding hydrogens is 352 g/mol. The van der Waals surface area contributed by atoms with Crippen LogP contribution in [-0.2, 0) is 9.59 Å². The number of hydrogen-bond acceptors (Lipinski definition) is 4. The SMILES string of the molecule is Cc1ccccc1-c1ccnc2cc(N(C)CC(=O)N[C@H](C)C(N)=O)ccc12. The molecule has 2 amide bonds. The quantitative estimate of drug-likeness (QED) is 0.692. The topological polar surface area (TPSA) is 88.3 Å². The van der Waals surface area contributed by atoms with Gasteiger partial charge in [0.05, 0.1) is 12.1 Å². The van der Waals surface area contributed by atoms with Crippen LogP contribution in [-0.4, -0.2) is 36.4 Å². The number of benzene rings is 2. The Kier molecular flexibility index (Phi) is 5.59. The molecule has 0 aliphatic heterocycles. The first kappa shape index (κ1) is 19.4. The van der Waals surface area contributed by atoms with Crippen molar-refractivity contribution in [1.82, 2.24) is 10.3 Å². The lowest BCUT2D eigenvalue weighted by molar-refractivity contribution is -0.126. The van der Waals surface area contributed by atoms with Crippen LogP contribution in [0.2, 0.25) is 0 Å². The van der Waals surface area contributed by atoms with Gasteiger partial charge < -0.3 is 16.0 Å². The zero-order chi connectivity index (χ0) is 20.3. The van der Waals surface area contributed by atoms with Gasteiger partial charge in [-0.25, -0.2) is 0 Å². The first-order chi connectivity index (χ1) is 13.4. The number of anilines is 1. The number of amides is 2. The summed E-state index contributed by atoms with van der Waals surface area (Å²) in [6, 6.07) is 15.5. The molecule has 144 valence electrons. The smallest absolute Gasteiger partial charge is 0.240 e. The molecule has 3 N–H and O–H groups in total. The number of hydrogen-bond donors (Lipinski definition) is 2. The highest BCUT2D eigenvalue weighted by Crippen LogP contribution is 2.31. The largest absolute Gasteiger partial charge is 0.368 e. The van der Waals surface area contributed by atoms with Crippen molar-refractivity contribution in [2.24, 2.45) is 5.73 Å². The van der Waals surface area contributed by atoms with Crippen molar-refractivity contribution < 1.29 is 9.59 Å². The Balaban J connectivity index is 1.86. The first-order valence-electron chi connectivity index (χ1n) is 9.11. The van der Waals surface area contributed by atoms with Gasteiger partial charge in [-0.1, -0.05) is 30.3 Å². The summed E-state index contributed by atoms with van der Waals surface area (Å²) in [4.78, 5) is 29.5. The van der Waals surface area contributed by atoms with E-state index in [-0.39, 0.29) is 12.5 Å². The second-order valence-corrected chi connectivity index (χ2v) is 6.92. The lowest BCUT2D eigenvalue weighted by Gasteiger charge is -2.20. The van der Waals surface area contributed by atoms with E-state index in [9.17, 15) is 9.59 Å². The molecule has 0 aliphatic rings. The van der Waals surface area contributed by atoms with Gasteiger partial charge in [-0.15, -0.1) is 0 Å². The minimum Gasteiger partial charge on any atom is -0.368 e. The predicted octanol–water partition coefficient (Wildman–Crippen LogP) is 2.64. The van der Waals surface area contributed by atoms with Crippen molar-refractivity contribution in [3.8, 4) is 11.1 Å². The molecular formula is C22H24N4O2. The van der Waals surface area contributed by atoms with E-state index in [1.54, 1.807) is 13.1 Å². The van der Waals surface area contributed by atoms with E-state index in [2.05, 4.69) is 29.4 Å². The molecule has 0 fully saturated rings. The molecule has 0 unspecified atom stereocenters. The summed E-state index contributed by atoms with van der Waals surface area (Å²) in [6.07, 6.45) is 1.80. The molecule has 0 bridgehead atoms. The second kappa shape index (κ2) is 8.08. The molecule has 1 heterocycles. The van der Waals surface area contributed by atoms with Crippen LogP contribution >= 0.6 is 0 Å². The fraction of sp³-hybridized carbons (Fsp3) is 0.227. The summed E-state index contributed by atoms with van der Waals surface area (Å²) >= 11 is 0. The lowest BCUT2D eigenvalue weighted by Crippen LogP contribution is -2.45. The Hall–Kier alpha value is -3.41. The minimum absolute atomic E-state index is 0.112. The van der Waals surface area contributed by atoms with Crippen LogP contribution in [0.15, 0.2) is 54.7 Å². The standard InChI is InChI=1S/C22H24N4O2/c1-14-6-4-5-7-17(14)18-10-11-24-20-12-16(8-9-19(18)20)26(3)13-21(27)25-15(2)22(23)28/h4-12,15H,13H2,1-3H3,(H2,23,28)(H,25,27)/t15-/m1/s1. The van der Waals surface area contributed by atoms with E-state index in [0.717, 1.165) is 22.2 Å².